The van der Waals surface area contributed by atoms with Crippen LogP contribution < -0.4 is 0 Å². The lowest BCUT2D eigenvalue weighted by atomic mass is 9.82. The Morgan fingerprint density at radius 3 is 2.75 bits per heavy atom. The van der Waals surface area contributed by atoms with E-state index < -0.39 is 0 Å². The molecule has 1 aromatic carbocycles. The zero-order valence-electron chi connectivity index (χ0n) is 11.4. The number of aliphatic hydroxyl groups is 1. The minimum absolute atomic E-state index is 0.121. The molecule has 2 aromatic rings. The van der Waals surface area contributed by atoms with Crippen molar-refractivity contribution >= 4 is 16.9 Å². The Bertz CT molecular complexity index is 638. The van der Waals surface area contributed by atoms with Crippen molar-refractivity contribution in [3.05, 3.63) is 36.2 Å². The predicted molar refractivity (Wildman–Crippen MR) is 75.2 cm³/mol. The number of rotatable bonds is 3. The van der Waals surface area contributed by atoms with Crippen LogP contribution in [0.2, 0.25) is 0 Å². The van der Waals surface area contributed by atoms with Crippen LogP contribution in [0, 0.1) is 5.92 Å². The van der Waals surface area contributed by atoms with Crippen LogP contribution in [0.3, 0.4) is 0 Å². The number of aliphatic hydroxyl groups excluding tert-OH is 1. The van der Waals surface area contributed by atoms with Crippen LogP contribution in [0.1, 0.15) is 23.3 Å². The van der Waals surface area contributed by atoms with Gasteiger partial charge in [0.15, 0.2) is 0 Å². The largest absolute Gasteiger partial charge is 0.393 e. The molecule has 0 atom stereocenters. The lowest BCUT2D eigenvalue weighted by Crippen LogP contribution is -2.39. The van der Waals surface area contributed by atoms with E-state index in [9.17, 15) is 9.90 Å². The summed E-state index contributed by atoms with van der Waals surface area (Å²) in [4.78, 5) is 22.6. The highest BCUT2D eigenvalue weighted by Gasteiger charge is 2.29. The average Bonchev–Trinajstić information content (AvgIpc) is 2.44. The van der Waals surface area contributed by atoms with E-state index in [4.69, 9.17) is 0 Å². The van der Waals surface area contributed by atoms with E-state index in [1.54, 1.807) is 11.9 Å². The highest BCUT2D eigenvalue weighted by Crippen LogP contribution is 2.27. The number of hydrogen-bond acceptors (Lipinski definition) is 4. The summed E-state index contributed by atoms with van der Waals surface area (Å²) in [7, 11) is 1.77. The van der Waals surface area contributed by atoms with Crippen LogP contribution in [-0.2, 0) is 0 Å². The lowest BCUT2D eigenvalue weighted by Gasteiger charge is -2.34. The van der Waals surface area contributed by atoms with Crippen molar-refractivity contribution in [1.82, 2.24) is 14.9 Å². The van der Waals surface area contributed by atoms with Crippen LogP contribution in [0.5, 0.6) is 0 Å². The molecule has 1 aromatic heterocycles. The van der Waals surface area contributed by atoms with Crippen molar-refractivity contribution in [3.8, 4) is 0 Å². The summed E-state index contributed by atoms with van der Waals surface area (Å²) in [5.74, 6) is 0.275. The summed E-state index contributed by atoms with van der Waals surface area (Å²) in [6, 6.07) is 7.49. The molecule has 5 heteroatoms. The minimum atomic E-state index is -0.191. The fourth-order valence-electron chi connectivity index (χ4n) is 2.58. The van der Waals surface area contributed by atoms with Gasteiger partial charge in [-0.05, 0) is 30.9 Å². The zero-order valence-corrected chi connectivity index (χ0v) is 11.4. The van der Waals surface area contributed by atoms with Crippen molar-refractivity contribution in [1.29, 1.82) is 0 Å². The molecule has 1 amide bonds. The first-order chi connectivity index (χ1) is 9.63. The highest BCUT2D eigenvalue weighted by atomic mass is 16.3. The third kappa shape index (κ3) is 2.49. The third-order valence-electron chi connectivity index (χ3n) is 3.76. The molecule has 3 rings (SSSR count). The van der Waals surface area contributed by atoms with Crippen molar-refractivity contribution in [2.75, 3.05) is 13.6 Å². The Kier molecular flexibility index (Phi) is 3.36. The molecule has 20 heavy (non-hydrogen) atoms. The van der Waals surface area contributed by atoms with Gasteiger partial charge in [0, 0.05) is 13.6 Å². The van der Waals surface area contributed by atoms with Gasteiger partial charge in [0.05, 0.1) is 23.3 Å². The number of para-hydroxylation sites is 2. The Balaban J connectivity index is 1.74. The van der Waals surface area contributed by atoms with Gasteiger partial charge in [0.1, 0.15) is 5.69 Å². The normalized spacial score (nSPS) is 21.5. The number of aromatic nitrogens is 2. The minimum Gasteiger partial charge on any atom is -0.393 e. The number of hydrogen-bond donors (Lipinski definition) is 1. The number of carbonyl (C=O) groups is 1. The van der Waals surface area contributed by atoms with Crippen LogP contribution in [0.25, 0.3) is 11.0 Å². The topological polar surface area (TPSA) is 66.3 Å². The monoisotopic (exact) mass is 271 g/mol. The molecule has 1 aliphatic carbocycles. The number of fused-ring (bicyclic) bond motifs is 1. The van der Waals surface area contributed by atoms with Gasteiger partial charge >= 0.3 is 0 Å². The standard InChI is InChI=1S/C15H17N3O2/c1-18(9-10-6-11(19)7-10)15(20)14-8-16-12-4-2-3-5-13(12)17-14/h2-5,8,10-11,19H,6-7,9H2,1H3. The molecule has 1 N–H and O–H groups in total. The van der Waals surface area contributed by atoms with Gasteiger partial charge in [-0.2, -0.15) is 0 Å². The molecule has 0 saturated heterocycles. The van der Waals surface area contributed by atoms with Gasteiger partial charge in [-0.1, -0.05) is 12.1 Å². The summed E-state index contributed by atoms with van der Waals surface area (Å²) in [5.41, 5.74) is 1.88. The first kappa shape index (κ1) is 13.0. The molecule has 1 saturated carbocycles. The number of benzene rings is 1. The molecule has 0 unspecified atom stereocenters. The Morgan fingerprint density at radius 2 is 2.05 bits per heavy atom. The van der Waals surface area contributed by atoms with Crippen molar-refractivity contribution in [2.24, 2.45) is 5.92 Å². The first-order valence-corrected chi connectivity index (χ1v) is 6.79. The fraction of sp³-hybridized carbons (Fsp3) is 0.400. The van der Waals surface area contributed by atoms with E-state index in [1.807, 2.05) is 24.3 Å². The van der Waals surface area contributed by atoms with Crippen molar-refractivity contribution in [2.45, 2.75) is 18.9 Å². The summed E-state index contributed by atoms with van der Waals surface area (Å²) >= 11 is 0. The SMILES string of the molecule is CN(CC1CC(O)C1)C(=O)c1cnc2ccccc2n1. The molecule has 1 heterocycles. The average molecular weight is 271 g/mol. The summed E-state index contributed by atoms with van der Waals surface area (Å²) in [6.45, 7) is 0.657. The molecule has 5 nitrogen and oxygen atoms in total. The molecule has 0 radical (unpaired) electrons. The second-order valence-corrected chi connectivity index (χ2v) is 5.42. The zero-order chi connectivity index (χ0) is 14.1. The fourth-order valence-corrected chi connectivity index (χ4v) is 2.58. The van der Waals surface area contributed by atoms with E-state index in [1.165, 1.54) is 6.20 Å². The maximum Gasteiger partial charge on any atom is 0.273 e. The van der Waals surface area contributed by atoms with E-state index in [0.717, 1.165) is 23.9 Å². The van der Waals surface area contributed by atoms with E-state index >= 15 is 0 Å². The van der Waals surface area contributed by atoms with Crippen LogP contribution >= 0.6 is 0 Å². The molecule has 0 bridgehead atoms. The number of amides is 1. The van der Waals surface area contributed by atoms with Crippen molar-refractivity contribution in [3.63, 3.8) is 0 Å². The summed E-state index contributed by atoms with van der Waals surface area (Å²) < 4.78 is 0. The third-order valence-corrected chi connectivity index (χ3v) is 3.76. The number of carbonyl (C=O) groups excluding carboxylic acids is 1. The van der Waals surface area contributed by atoms with Gasteiger partial charge in [-0.25, -0.2) is 4.98 Å². The van der Waals surface area contributed by atoms with Crippen LogP contribution in [0.15, 0.2) is 30.5 Å². The number of nitrogens with zero attached hydrogens (tertiary/aromatic N) is 3. The second-order valence-electron chi connectivity index (χ2n) is 5.42. The van der Waals surface area contributed by atoms with Crippen molar-refractivity contribution < 1.29 is 9.90 Å². The van der Waals surface area contributed by atoms with Gasteiger partial charge in [0.2, 0.25) is 0 Å². The quantitative estimate of drug-likeness (QED) is 0.918. The highest BCUT2D eigenvalue weighted by molar-refractivity contribution is 5.93. The van der Waals surface area contributed by atoms with Gasteiger partial charge in [-0.3, -0.25) is 9.78 Å². The molecule has 1 fully saturated rings. The smallest absolute Gasteiger partial charge is 0.273 e. The van der Waals surface area contributed by atoms with Crippen LogP contribution in [0.4, 0.5) is 0 Å². The molecular weight excluding hydrogens is 254 g/mol. The Morgan fingerprint density at radius 1 is 1.35 bits per heavy atom. The maximum absolute atomic E-state index is 12.3. The molecule has 104 valence electrons. The van der Waals surface area contributed by atoms with Gasteiger partial charge in [0.25, 0.3) is 5.91 Å². The summed E-state index contributed by atoms with van der Waals surface area (Å²) in [5, 5.41) is 9.28. The molecular formula is C15H17N3O2. The van der Waals surface area contributed by atoms with Gasteiger partial charge in [-0.15, -0.1) is 0 Å². The van der Waals surface area contributed by atoms with Gasteiger partial charge < -0.3 is 10.0 Å². The Labute approximate surface area is 117 Å². The molecule has 0 aliphatic heterocycles. The molecule has 0 spiro atoms. The lowest BCUT2D eigenvalue weighted by molar-refractivity contribution is 0.0264. The maximum atomic E-state index is 12.3. The first-order valence-electron chi connectivity index (χ1n) is 6.79. The second kappa shape index (κ2) is 5.17. The summed E-state index contributed by atoms with van der Waals surface area (Å²) in [6.07, 6.45) is 2.89. The predicted octanol–water partition coefficient (Wildman–Crippen LogP) is 1.47. The molecule has 1 aliphatic rings. The van der Waals surface area contributed by atoms with E-state index in [0.29, 0.717) is 18.2 Å². The van der Waals surface area contributed by atoms with E-state index in [-0.39, 0.29) is 12.0 Å². The van der Waals surface area contributed by atoms with Crippen LogP contribution in [-0.4, -0.2) is 45.6 Å². The van der Waals surface area contributed by atoms with E-state index in [2.05, 4.69) is 9.97 Å². The Hall–Kier alpha value is -2.01.